The Morgan fingerprint density at radius 2 is 0.684 bits per heavy atom. The van der Waals surface area contributed by atoms with Gasteiger partial charge in [-0.2, -0.15) is 0 Å². The van der Waals surface area contributed by atoms with Crippen molar-refractivity contribution in [3.05, 3.63) is 12.2 Å². The van der Waals surface area contributed by atoms with Crippen LogP contribution in [-0.4, -0.2) is 73.4 Å². The van der Waals surface area contributed by atoms with Gasteiger partial charge in [0.1, 0.15) is 13.2 Å². The molecule has 0 saturated carbocycles. The van der Waals surface area contributed by atoms with Crippen LogP contribution in [0.1, 0.15) is 380 Å². The van der Waals surface area contributed by atoms with Crippen molar-refractivity contribution in [1.82, 2.24) is 5.32 Å². The number of amides is 1. The number of likely N-dealkylation sites (N-methyl/N-ethyl adjacent to an activating group) is 1. The monoisotopic (exact) mass is 1140 g/mol. The zero-order valence-corrected chi connectivity index (χ0v) is 55.1. The molecule has 472 valence electrons. The Bertz CT molecular complexity index is 1290. The van der Waals surface area contributed by atoms with E-state index in [4.69, 9.17) is 9.05 Å². The number of phosphoric ester groups is 1. The van der Waals surface area contributed by atoms with Crippen LogP contribution in [0.15, 0.2) is 12.2 Å². The maximum absolute atomic E-state index is 13.1. The highest BCUT2D eigenvalue weighted by Crippen LogP contribution is 2.43. The fraction of sp³-hybridized carbons (Fsp3) is 0.957. The Hall–Kier alpha value is -0.760. The quantitative estimate of drug-likeness (QED) is 0.0243. The Kier molecular flexibility index (Phi) is 61.2. The molecule has 0 aromatic carbocycles. The first-order valence-electron chi connectivity index (χ1n) is 35.6. The summed E-state index contributed by atoms with van der Waals surface area (Å²) in [6.07, 6.45) is 78.9. The second-order valence-electron chi connectivity index (χ2n) is 26.0. The highest BCUT2D eigenvalue weighted by molar-refractivity contribution is 7.47. The van der Waals surface area contributed by atoms with Gasteiger partial charge >= 0.3 is 7.82 Å². The first kappa shape index (κ1) is 78.2. The molecule has 3 atom stereocenters. The Labute approximate surface area is 494 Å². The molecule has 8 nitrogen and oxygen atoms in total. The molecule has 0 saturated heterocycles. The van der Waals surface area contributed by atoms with Crippen LogP contribution in [0.3, 0.4) is 0 Å². The summed E-state index contributed by atoms with van der Waals surface area (Å²) in [5.41, 5.74) is 0. The van der Waals surface area contributed by atoms with Crippen molar-refractivity contribution in [2.75, 3.05) is 40.9 Å². The minimum atomic E-state index is -4.33. The van der Waals surface area contributed by atoms with E-state index in [-0.39, 0.29) is 19.1 Å². The topological polar surface area (TPSA) is 105 Å². The summed E-state index contributed by atoms with van der Waals surface area (Å²) in [7, 11) is 1.64. The van der Waals surface area contributed by atoms with Gasteiger partial charge in [-0.05, 0) is 38.5 Å². The van der Waals surface area contributed by atoms with E-state index in [0.29, 0.717) is 23.9 Å². The second-order valence-corrected chi connectivity index (χ2v) is 27.4. The molecule has 79 heavy (non-hydrogen) atoms. The molecule has 0 aliphatic rings. The van der Waals surface area contributed by atoms with Gasteiger partial charge in [0.25, 0.3) is 0 Å². The van der Waals surface area contributed by atoms with Crippen molar-refractivity contribution in [2.24, 2.45) is 0 Å². The fourth-order valence-corrected chi connectivity index (χ4v) is 12.0. The molecule has 0 heterocycles. The van der Waals surface area contributed by atoms with Gasteiger partial charge in [0, 0.05) is 6.42 Å². The van der Waals surface area contributed by atoms with E-state index in [0.717, 1.165) is 38.5 Å². The van der Waals surface area contributed by atoms with Gasteiger partial charge in [-0.1, -0.05) is 347 Å². The number of unbranched alkanes of at least 4 members (excludes halogenated alkanes) is 52. The van der Waals surface area contributed by atoms with E-state index in [1.54, 1.807) is 0 Å². The molecular weight excluding hydrogens is 996 g/mol. The average Bonchev–Trinajstić information content (AvgIpc) is 3.42. The van der Waals surface area contributed by atoms with Gasteiger partial charge in [0.05, 0.1) is 39.9 Å². The number of allylic oxidation sites excluding steroid dienone is 2. The van der Waals surface area contributed by atoms with E-state index in [9.17, 15) is 19.4 Å². The zero-order chi connectivity index (χ0) is 57.7. The third-order valence-corrected chi connectivity index (χ3v) is 17.7. The highest BCUT2D eigenvalue weighted by atomic mass is 31.2. The molecule has 0 spiro atoms. The highest BCUT2D eigenvalue weighted by Gasteiger charge is 2.28. The van der Waals surface area contributed by atoms with Crippen molar-refractivity contribution in [3.8, 4) is 0 Å². The average molecular weight is 1140 g/mol. The molecule has 0 fully saturated rings. The van der Waals surface area contributed by atoms with Crippen LogP contribution in [0.4, 0.5) is 0 Å². The van der Waals surface area contributed by atoms with Gasteiger partial charge in [0.15, 0.2) is 0 Å². The molecule has 0 aliphatic heterocycles. The maximum atomic E-state index is 13.1. The number of nitrogens with one attached hydrogen (secondary N) is 1. The lowest BCUT2D eigenvalue weighted by Crippen LogP contribution is -2.46. The molecule has 0 aromatic heterocycles. The first-order valence-corrected chi connectivity index (χ1v) is 37.0. The largest absolute Gasteiger partial charge is 0.472 e. The minimum absolute atomic E-state index is 0.0778. The number of hydrogen-bond acceptors (Lipinski definition) is 5. The SMILES string of the molecule is CCCCCCCCCC/C=C\CCCCCCCCCCCCCCCC(=O)NC(COP(=O)(O)OCC[N+](C)(C)C)C(O)CCCCCCCCCCCCCCCCCCCCCCCCCCCCCCCCCC. The molecule has 1 amide bonds. The molecule has 0 aliphatic carbocycles. The number of phosphoric acid groups is 1. The van der Waals surface area contributed by atoms with Crippen LogP contribution in [0, 0.1) is 0 Å². The number of nitrogens with zero attached hydrogens (tertiary/aromatic N) is 1. The van der Waals surface area contributed by atoms with Gasteiger partial charge < -0.3 is 19.8 Å². The molecule has 0 radical (unpaired) electrons. The van der Waals surface area contributed by atoms with Crippen LogP contribution < -0.4 is 5.32 Å². The van der Waals surface area contributed by atoms with Crippen LogP contribution >= 0.6 is 7.82 Å². The Morgan fingerprint density at radius 3 is 0.975 bits per heavy atom. The van der Waals surface area contributed by atoms with Crippen molar-refractivity contribution in [1.29, 1.82) is 0 Å². The Morgan fingerprint density at radius 1 is 0.418 bits per heavy atom. The van der Waals surface area contributed by atoms with Crippen molar-refractivity contribution < 1.29 is 32.9 Å². The van der Waals surface area contributed by atoms with Crippen LogP contribution in [0.5, 0.6) is 0 Å². The number of quaternary nitrogens is 1. The summed E-state index contributed by atoms with van der Waals surface area (Å²) >= 11 is 0. The van der Waals surface area contributed by atoms with Crippen molar-refractivity contribution in [2.45, 2.75) is 392 Å². The molecule has 0 rings (SSSR count). The van der Waals surface area contributed by atoms with Crippen LogP contribution in [0.2, 0.25) is 0 Å². The number of carbonyl (C=O) groups is 1. The normalized spacial score (nSPS) is 13.7. The van der Waals surface area contributed by atoms with E-state index < -0.39 is 20.0 Å². The van der Waals surface area contributed by atoms with Gasteiger partial charge in [-0.3, -0.25) is 13.8 Å². The third-order valence-electron chi connectivity index (χ3n) is 16.8. The molecule has 3 unspecified atom stereocenters. The van der Waals surface area contributed by atoms with Crippen molar-refractivity contribution in [3.63, 3.8) is 0 Å². The predicted molar refractivity (Wildman–Crippen MR) is 346 cm³/mol. The summed E-state index contributed by atoms with van der Waals surface area (Å²) in [6, 6.07) is -0.759. The fourth-order valence-electron chi connectivity index (χ4n) is 11.2. The number of carbonyl (C=O) groups excluding carboxylic acids is 1. The second kappa shape index (κ2) is 61.8. The van der Waals surface area contributed by atoms with E-state index in [1.165, 1.54) is 315 Å². The molecule has 0 bridgehead atoms. The number of aliphatic hydroxyl groups excluding tert-OH is 1. The summed E-state index contributed by atoms with van der Waals surface area (Å²) < 4.78 is 23.9. The Balaban J connectivity index is 3.98. The number of rotatable bonds is 67. The minimum Gasteiger partial charge on any atom is -0.391 e. The summed E-state index contributed by atoms with van der Waals surface area (Å²) in [5, 5.41) is 14.2. The summed E-state index contributed by atoms with van der Waals surface area (Å²) in [4.78, 5) is 23.5. The molecule has 0 aromatic rings. The summed E-state index contributed by atoms with van der Waals surface area (Å²) in [5.74, 6) is -0.136. The maximum Gasteiger partial charge on any atom is 0.472 e. The number of aliphatic hydroxyl groups is 1. The predicted octanol–water partition coefficient (Wildman–Crippen LogP) is 22.5. The van der Waals surface area contributed by atoms with Gasteiger partial charge in [-0.25, -0.2) is 4.57 Å². The lowest BCUT2D eigenvalue weighted by Gasteiger charge is -2.26. The lowest BCUT2D eigenvalue weighted by molar-refractivity contribution is -0.870. The zero-order valence-electron chi connectivity index (χ0n) is 54.2. The molecular formula is C70H142N2O6P+. The third kappa shape index (κ3) is 64.7. The standard InChI is InChI=1S/C70H141N2O6P/c1-6-8-10-12-14-16-18-20-22-24-26-28-30-32-33-34-35-36-37-38-40-41-43-45-47-49-51-53-55-57-59-61-63-69(73)68(67-78-79(75,76)77-66-65-72(3,4)5)71-70(74)64-62-60-58-56-54-52-50-48-46-44-42-39-31-29-27-25-23-21-19-17-15-13-11-9-7-2/h25,27,68-69,73H,6-24,26,28-67H2,1-5H3,(H-,71,74,75,76)/p+1/b27-25-. The number of hydrogen-bond donors (Lipinski definition) is 3. The first-order chi connectivity index (χ1) is 38.5. The molecule has 3 N–H and O–H groups in total. The van der Waals surface area contributed by atoms with Crippen LogP contribution in [0.25, 0.3) is 0 Å². The van der Waals surface area contributed by atoms with Gasteiger partial charge in [0.2, 0.25) is 5.91 Å². The molecule has 9 heteroatoms. The summed E-state index contributed by atoms with van der Waals surface area (Å²) in [6.45, 7) is 4.96. The van der Waals surface area contributed by atoms with Gasteiger partial charge in [-0.15, -0.1) is 0 Å². The van der Waals surface area contributed by atoms with Crippen LogP contribution in [-0.2, 0) is 18.4 Å². The van der Waals surface area contributed by atoms with E-state index in [1.807, 2.05) is 21.1 Å². The lowest BCUT2D eigenvalue weighted by atomic mass is 10.0. The van der Waals surface area contributed by atoms with Crippen molar-refractivity contribution >= 4 is 13.7 Å². The van der Waals surface area contributed by atoms with E-state index >= 15 is 0 Å². The van der Waals surface area contributed by atoms with E-state index in [2.05, 4.69) is 31.3 Å². The smallest absolute Gasteiger partial charge is 0.391 e.